The maximum Gasteiger partial charge on any atom is 0.306 e. The summed E-state index contributed by atoms with van der Waals surface area (Å²) in [6.07, 6.45) is 6.36. The molecule has 0 aromatic heterocycles. The van der Waals surface area contributed by atoms with Crippen molar-refractivity contribution in [2.45, 2.75) is 46.5 Å². The van der Waals surface area contributed by atoms with Crippen molar-refractivity contribution in [1.29, 1.82) is 0 Å². The lowest BCUT2D eigenvalue weighted by Gasteiger charge is -2.56. The van der Waals surface area contributed by atoms with Crippen LogP contribution in [0.15, 0.2) is 11.6 Å². The Kier molecular flexibility index (Phi) is 3.09. The van der Waals surface area contributed by atoms with E-state index in [4.69, 9.17) is 4.74 Å². The SMILES string of the molecule is CCOC(=O)CCC1=CCC2CC1C2(C)C. The Bertz CT molecular complexity index is 315. The lowest BCUT2D eigenvalue weighted by atomic mass is 9.48. The molecule has 1 fully saturated rings. The molecule has 0 N–H and O–H groups in total. The first-order valence-corrected chi connectivity index (χ1v) is 6.40. The largest absolute Gasteiger partial charge is 0.466 e. The average Bonchev–Trinajstić information content (AvgIpc) is 2.27. The van der Waals surface area contributed by atoms with Crippen LogP contribution in [0.4, 0.5) is 0 Å². The molecule has 0 amide bonds. The molecule has 2 bridgehead atoms. The summed E-state index contributed by atoms with van der Waals surface area (Å²) in [5.41, 5.74) is 1.97. The van der Waals surface area contributed by atoms with Crippen molar-refractivity contribution in [2.24, 2.45) is 17.3 Å². The van der Waals surface area contributed by atoms with Crippen LogP contribution in [-0.2, 0) is 9.53 Å². The zero-order valence-corrected chi connectivity index (χ0v) is 10.6. The van der Waals surface area contributed by atoms with Gasteiger partial charge in [-0.3, -0.25) is 4.79 Å². The maximum absolute atomic E-state index is 11.3. The Hall–Kier alpha value is -0.790. The third kappa shape index (κ3) is 1.90. The van der Waals surface area contributed by atoms with Crippen LogP contribution in [0.1, 0.15) is 46.5 Å². The molecule has 16 heavy (non-hydrogen) atoms. The second kappa shape index (κ2) is 4.23. The number of allylic oxidation sites excluding steroid dienone is 2. The number of esters is 1. The van der Waals surface area contributed by atoms with E-state index >= 15 is 0 Å². The smallest absolute Gasteiger partial charge is 0.306 e. The highest BCUT2D eigenvalue weighted by molar-refractivity contribution is 5.69. The molecule has 0 aliphatic heterocycles. The van der Waals surface area contributed by atoms with E-state index in [0.717, 1.165) is 18.3 Å². The molecule has 3 aliphatic rings. The molecule has 1 saturated carbocycles. The molecule has 90 valence electrons. The number of hydrogen-bond acceptors (Lipinski definition) is 2. The van der Waals surface area contributed by atoms with Gasteiger partial charge in [-0.05, 0) is 43.4 Å². The Balaban J connectivity index is 1.87. The molecule has 3 aliphatic carbocycles. The number of ether oxygens (including phenoxy) is 1. The summed E-state index contributed by atoms with van der Waals surface area (Å²) < 4.78 is 4.97. The third-order valence-corrected chi connectivity index (χ3v) is 4.51. The fourth-order valence-electron chi connectivity index (χ4n) is 3.24. The van der Waals surface area contributed by atoms with Crippen molar-refractivity contribution in [3.8, 4) is 0 Å². The summed E-state index contributed by atoms with van der Waals surface area (Å²) in [7, 11) is 0. The number of carbonyl (C=O) groups excluding carboxylic acids is 1. The summed E-state index contributed by atoms with van der Waals surface area (Å²) in [5, 5.41) is 0. The molecule has 0 radical (unpaired) electrons. The first kappa shape index (κ1) is 11.7. The van der Waals surface area contributed by atoms with Crippen LogP contribution in [0.25, 0.3) is 0 Å². The van der Waals surface area contributed by atoms with Crippen LogP contribution in [0.5, 0.6) is 0 Å². The molecular weight excluding hydrogens is 200 g/mol. The maximum atomic E-state index is 11.3. The highest BCUT2D eigenvalue weighted by Crippen LogP contribution is 2.59. The van der Waals surface area contributed by atoms with E-state index in [1.807, 2.05) is 6.92 Å². The fraction of sp³-hybridized carbons (Fsp3) is 0.786. The van der Waals surface area contributed by atoms with E-state index < -0.39 is 0 Å². The lowest BCUT2D eigenvalue weighted by molar-refractivity contribution is -0.143. The Labute approximate surface area is 98.1 Å². The summed E-state index contributed by atoms with van der Waals surface area (Å²) in [6, 6.07) is 0. The Morgan fingerprint density at radius 2 is 2.31 bits per heavy atom. The van der Waals surface area contributed by atoms with Gasteiger partial charge in [0.15, 0.2) is 0 Å². The second-order valence-electron chi connectivity index (χ2n) is 5.63. The van der Waals surface area contributed by atoms with Crippen LogP contribution >= 0.6 is 0 Å². The number of carbonyl (C=O) groups is 1. The summed E-state index contributed by atoms with van der Waals surface area (Å²) in [4.78, 5) is 11.3. The minimum absolute atomic E-state index is 0.0531. The standard InChI is InChI=1S/C14H22O2/c1-4-16-13(15)8-6-10-5-7-11-9-12(10)14(11,2)3/h5,11-12H,4,6-9H2,1-3H3. The van der Waals surface area contributed by atoms with Crippen LogP contribution in [0.2, 0.25) is 0 Å². The van der Waals surface area contributed by atoms with Gasteiger partial charge >= 0.3 is 5.97 Å². The highest BCUT2D eigenvalue weighted by atomic mass is 16.5. The Morgan fingerprint density at radius 3 is 2.88 bits per heavy atom. The van der Waals surface area contributed by atoms with Gasteiger partial charge in [0.25, 0.3) is 0 Å². The van der Waals surface area contributed by atoms with Crippen molar-refractivity contribution in [3.63, 3.8) is 0 Å². The summed E-state index contributed by atoms with van der Waals surface area (Å²) >= 11 is 0. The van der Waals surface area contributed by atoms with Gasteiger partial charge in [-0.2, -0.15) is 0 Å². The van der Waals surface area contributed by atoms with Crippen molar-refractivity contribution in [3.05, 3.63) is 11.6 Å². The normalized spacial score (nSPS) is 30.3. The van der Waals surface area contributed by atoms with Gasteiger partial charge in [0.1, 0.15) is 0 Å². The highest BCUT2D eigenvalue weighted by Gasteiger charge is 2.50. The van der Waals surface area contributed by atoms with Gasteiger partial charge in [-0.25, -0.2) is 0 Å². The average molecular weight is 222 g/mol. The van der Waals surface area contributed by atoms with Gasteiger partial charge in [0.2, 0.25) is 0 Å². The number of hydrogen-bond donors (Lipinski definition) is 0. The zero-order chi connectivity index (χ0) is 11.8. The molecule has 0 saturated heterocycles. The molecule has 0 heterocycles. The fourth-order valence-corrected chi connectivity index (χ4v) is 3.24. The minimum atomic E-state index is -0.0531. The van der Waals surface area contributed by atoms with Gasteiger partial charge in [0.05, 0.1) is 6.61 Å². The molecule has 0 spiro atoms. The van der Waals surface area contributed by atoms with E-state index in [-0.39, 0.29) is 5.97 Å². The van der Waals surface area contributed by atoms with Crippen molar-refractivity contribution < 1.29 is 9.53 Å². The van der Waals surface area contributed by atoms with Crippen molar-refractivity contribution >= 4 is 5.97 Å². The molecule has 2 nitrogen and oxygen atoms in total. The monoisotopic (exact) mass is 222 g/mol. The van der Waals surface area contributed by atoms with Gasteiger partial charge in [0, 0.05) is 6.42 Å². The van der Waals surface area contributed by atoms with E-state index in [0.29, 0.717) is 18.4 Å². The first-order valence-electron chi connectivity index (χ1n) is 6.40. The molecule has 0 aromatic rings. The molecule has 3 rings (SSSR count). The number of fused-ring (bicyclic) bond motifs is 1. The van der Waals surface area contributed by atoms with Gasteiger partial charge in [-0.1, -0.05) is 25.5 Å². The zero-order valence-electron chi connectivity index (χ0n) is 10.6. The van der Waals surface area contributed by atoms with Gasteiger partial charge in [-0.15, -0.1) is 0 Å². The predicted molar refractivity (Wildman–Crippen MR) is 63.9 cm³/mol. The van der Waals surface area contributed by atoms with Crippen LogP contribution < -0.4 is 0 Å². The second-order valence-corrected chi connectivity index (χ2v) is 5.63. The third-order valence-electron chi connectivity index (χ3n) is 4.51. The van der Waals surface area contributed by atoms with Crippen LogP contribution in [0.3, 0.4) is 0 Å². The van der Waals surface area contributed by atoms with E-state index in [2.05, 4.69) is 19.9 Å². The van der Waals surface area contributed by atoms with Crippen LogP contribution in [0, 0.1) is 17.3 Å². The quantitative estimate of drug-likeness (QED) is 0.539. The van der Waals surface area contributed by atoms with E-state index in [1.54, 1.807) is 0 Å². The molecule has 2 atom stereocenters. The van der Waals surface area contributed by atoms with Crippen molar-refractivity contribution in [2.75, 3.05) is 6.61 Å². The number of rotatable bonds is 4. The van der Waals surface area contributed by atoms with E-state index in [9.17, 15) is 4.79 Å². The lowest BCUT2D eigenvalue weighted by Crippen LogP contribution is -2.48. The molecule has 0 aromatic carbocycles. The summed E-state index contributed by atoms with van der Waals surface area (Å²) in [6.45, 7) is 7.08. The first-order chi connectivity index (χ1) is 7.55. The van der Waals surface area contributed by atoms with Gasteiger partial charge < -0.3 is 4.74 Å². The predicted octanol–water partition coefficient (Wildman–Crippen LogP) is 3.32. The minimum Gasteiger partial charge on any atom is -0.466 e. The topological polar surface area (TPSA) is 26.3 Å². The summed E-state index contributed by atoms with van der Waals surface area (Å²) in [5.74, 6) is 1.55. The van der Waals surface area contributed by atoms with Crippen molar-refractivity contribution in [1.82, 2.24) is 0 Å². The van der Waals surface area contributed by atoms with Crippen LogP contribution in [-0.4, -0.2) is 12.6 Å². The Morgan fingerprint density at radius 1 is 1.56 bits per heavy atom. The van der Waals surface area contributed by atoms with E-state index in [1.165, 1.54) is 18.4 Å². The molecular formula is C14H22O2. The molecule has 2 heteroatoms. The molecule has 2 unspecified atom stereocenters.